The Hall–Kier alpha value is -2.60. The van der Waals surface area contributed by atoms with Gasteiger partial charge in [-0.1, -0.05) is 18.2 Å². The second-order valence-corrected chi connectivity index (χ2v) is 6.73. The van der Waals surface area contributed by atoms with Crippen molar-refractivity contribution >= 4 is 16.8 Å². The van der Waals surface area contributed by atoms with Crippen LogP contribution in [0.5, 0.6) is 0 Å². The molecule has 0 aliphatic carbocycles. The maximum absolute atomic E-state index is 12.2. The third kappa shape index (κ3) is 2.82. The molecule has 6 nitrogen and oxygen atoms in total. The van der Waals surface area contributed by atoms with Gasteiger partial charge in [0.2, 0.25) is 5.91 Å². The molecule has 2 atom stereocenters. The fourth-order valence-corrected chi connectivity index (χ4v) is 3.81. The number of nitrogens with one attached hydrogen (secondary N) is 2. The zero-order valence-electron chi connectivity index (χ0n) is 14.6. The molecule has 1 amide bonds. The van der Waals surface area contributed by atoms with Crippen LogP contribution in [-0.2, 0) is 18.4 Å². The van der Waals surface area contributed by atoms with Gasteiger partial charge in [-0.05, 0) is 23.4 Å². The van der Waals surface area contributed by atoms with Gasteiger partial charge in [-0.3, -0.25) is 4.79 Å². The van der Waals surface area contributed by atoms with E-state index in [4.69, 9.17) is 0 Å². The number of rotatable bonds is 4. The van der Waals surface area contributed by atoms with Gasteiger partial charge < -0.3 is 19.8 Å². The van der Waals surface area contributed by atoms with Gasteiger partial charge in [-0.15, -0.1) is 0 Å². The number of likely N-dealkylation sites (tertiary alicyclic amines) is 1. The monoisotopic (exact) mass is 337 g/mol. The highest BCUT2D eigenvalue weighted by molar-refractivity contribution is 5.82. The van der Waals surface area contributed by atoms with Crippen molar-refractivity contribution in [2.24, 2.45) is 7.05 Å². The summed E-state index contributed by atoms with van der Waals surface area (Å²) >= 11 is 0. The molecule has 1 saturated heterocycles. The smallest absolute Gasteiger partial charge is 0.223 e. The van der Waals surface area contributed by atoms with Crippen molar-refractivity contribution in [1.82, 2.24) is 24.8 Å². The van der Waals surface area contributed by atoms with Crippen LogP contribution in [-0.4, -0.2) is 38.4 Å². The molecule has 6 heteroatoms. The van der Waals surface area contributed by atoms with Gasteiger partial charge in [0.15, 0.2) is 0 Å². The highest BCUT2D eigenvalue weighted by atomic mass is 16.2. The minimum absolute atomic E-state index is 0.0518. The van der Waals surface area contributed by atoms with E-state index >= 15 is 0 Å². The number of piperidine rings is 1. The average Bonchev–Trinajstić information content (AvgIpc) is 3.25. The zero-order chi connectivity index (χ0) is 17.4. The predicted molar refractivity (Wildman–Crippen MR) is 96.9 cm³/mol. The van der Waals surface area contributed by atoms with Gasteiger partial charge in [0.25, 0.3) is 0 Å². The van der Waals surface area contributed by atoms with E-state index in [0.717, 1.165) is 18.8 Å². The van der Waals surface area contributed by atoms with E-state index in [1.165, 1.54) is 16.5 Å². The molecule has 0 unspecified atom stereocenters. The number of amides is 1. The highest BCUT2D eigenvalue weighted by Crippen LogP contribution is 2.30. The maximum atomic E-state index is 12.2. The summed E-state index contributed by atoms with van der Waals surface area (Å²) in [5, 5.41) is 4.89. The molecule has 130 valence electrons. The SMILES string of the molecule is CN1C(=O)CC[C@@H](NCc2cccc3cc[nH]c23)[C@@H]1c1nccn1C. The van der Waals surface area contributed by atoms with Crippen molar-refractivity contribution in [3.8, 4) is 0 Å². The number of aromatic nitrogens is 3. The number of hydrogen-bond acceptors (Lipinski definition) is 3. The summed E-state index contributed by atoms with van der Waals surface area (Å²) in [6, 6.07) is 8.54. The number of nitrogens with zero attached hydrogens (tertiary/aromatic N) is 3. The third-order valence-corrected chi connectivity index (χ3v) is 5.21. The van der Waals surface area contributed by atoms with Crippen molar-refractivity contribution in [2.75, 3.05) is 7.05 Å². The number of carbonyl (C=O) groups is 1. The van der Waals surface area contributed by atoms with Crippen molar-refractivity contribution in [2.45, 2.75) is 31.5 Å². The molecular formula is C19H23N5O. The first kappa shape index (κ1) is 15.9. The number of para-hydroxylation sites is 1. The van der Waals surface area contributed by atoms with Gasteiger partial charge in [-0.25, -0.2) is 4.98 Å². The number of aryl methyl sites for hydroxylation is 1. The van der Waals surface area contributed by atoms with Crippen LogP contribution < -0.4 is 5.32 Å². The Labute approximate surface area is 146 Å². The lowest BCUT2D eigenvalue weighted by atomic mass is 9.95. The molecule has 1 aliphatic heterocycles. The van der Waals surface area contributed by atoms with Crippen molar-refractivity contribution < 1.29 is 4.79 Å². The molecule has 25 heavy (non-hydrogen) atoms. The molecule has 1 aromatic carbocycles. The molecule has 0 saturated carbocycles. The highest BCUT2D eigenvalue weighted by Gasteiger charge is 2.36. The Morgan fingerprint density at radius 2 is 2.20 bits per heavy atom. The van der Waals surface area contributed by atoms with Crippen LogP contribution in [0.1, 0.15) is 30.3 Å². The van der Waals surface area contributed by atoms with Gasteiger partial charge in [0, 0.05) is 57.2 Å². The first-order valence-electron chi connectivity index (χ1n) is 8.66. The number of hydrogen-bond donors (Lipinski definition) is 2. The second-order valence-electron chi connectivity index (χ2n) is 6.73. The number of fused-ring (bicyclic) bond motifs is 1. The second kappa shape index (κ2) is 6.37. The van der Waals surface area contributed by atoms with Crippen molar-refractivity contribution in [3.05, 3.63) is 54.2 Å². The van der Waals surface area contributed by atoms with Crippen LogP contribution >= 0.6 is 0 Å². The van der Waals surface area contributed by atoms with Gasteiger partial charge >= 0.3 is 0 Å². The lowest BCUT2D eigenvalue weighted by molar-refractivity contribution is -0.136. The van der Waals surface area contributed by atoms with E-state index in [1.807, 2.05) is 36.0 Å². The lowest BCUT2D eigenvalue weighted by Crippen LogP contribution is -2.49. The Kier molecular flexibility index (Phi) is 4.05. The van der Waals surface area contributed by atoms with Crippen molar-refractivity contribution in [1.29, 1.82) is 0 Å². The van der Waals surface area contributed by atoms with Gasteiger partial charge in [-0.2, -0.15) is 0 Å². The van der Waals surface area contributed by atoms with Crippen LogP contribution in [0.25, 0.3) is 10.9 Å². The van der Waals surface area contributed by atoms with E-state index in [9.17, 15) is 4.79 Å². The number of aromatic amines is 1. The lowest BCUT2D eigenvalue weighted by Gasteiger charge is -2.39. The Morgan fingerprint density at radius 1 is 1.32 bits per heavy atom. The summed E-state index contributed by atoms with van der Waals surface area (Å²) in [5.41, 5.74) is 2.41. The predicted octanol–water partition coefficient (Wildman–Crippen LogP) is 2.35. The van der Waals surface area contributed by atoms with E-state index in [0.29, 0.717) is 6.42 Å². The topological polar surface area (TPSA) is 66.0 Å². The van der Waals surface area contributed by atoms with Crippen LogP contribution in [0.2, 0.25) is 0 Å². The van der Waals surface area contributed by atoms with Crippen LogP contribution in [0.3, 0.4) is 0 Å². The summed E-state index contributed by atoms with van der Waals surface area (Å²) in [6.07, 6.45) is 7.08. The molecule has 0 spiro atoms. The quantitative estimate of drug-likeness (QED) is 0.768. The molecule has 3 aromatic rings. The molecule has 3 heterocycles. The van der Waals surface area contributed by atoms with Crippen molar-refractivity contribution in [3.63, 3.8) is 0 Å². The summed E-state index contributed by atoms with van der Waals surface area (Å²) in [4.78, 5) is 21.9. The molecule has 0 radical (unpaired) electrons. The Balaban J connectivity index is 1.58. The van der Waals surface area contributed by atoms with E-state index in [1.54, 1.807) is 6.20 Å². The molecular weight excluding hydrogens is 314 g/mol. The molecule has 1 aliphatic rings. The largest absolute Gasteiger partial charge is 0.361 e. The minimum atomic E-state index is -0.0518. The van der Waals surface area contributed by atoms with Gasteiger partial charge in [0.1, 0.15) is 11.9 Å². The fourth-order valence-electron chi connectivity index (χ4n) is 3.81. The first-order valence-corrected chi connectivity index (χ1v) is 8.66. The summed E-state index contributed by atoms with van der Waals surface area (Å²) in [7, 11) is 3.85. The third-order valence-electron chi connectivity index (χ3n) is 5.21. The fraction of sp³-hybridized carbons (Fsp3) is 0.368. The standard InChI is InChI=1S/C19H23N5O/c1-23-11-10-21-19(23)18-15(6-7-16(25)24(18)2)22-12-14-5-3-4-13-8-9-20-17(13)14/h3-5,8-11,15,18,20,22H,6-7,12H2,1-2H3/t15-,18-/m1/s1. The van der Waals surface area contributed by atoms with E-state index in [2.05, 4.69) is 39.6 Å². The number of imidazole rings is 1. The van der Waals surface area contributed by atoms with Gasteiger partial charge in [0.05, 0.1) is 0 Å². The maximum Gasteiger partial charge on any atom is 0.223 e. The first-order chi connectivity index (χ1) is 12.1. The number of likely N-dealkylation sites (N-methyl/N-ethyl adjacent to an activating group) is 1. The normalized spacial score (nSPS) is 21.2. The Bertz CT molecular complexity index is 896. The molecule has 2 N–H and O–H groups in total. The summed E-state index contributed by atoms with van der Waals surface area (Å²) in [6.45, 7) is 0.755. The minimum Gasteiger partial charge on any atom is -0.361 e. The molecule has 1 fully saturated rings. The van der Waals surface area contributed by atoms with Crippen LogP contribution in [0.15, 0.2) is 42.9 Å². The van der Waals surface area contributed by atoms with E-state index in [-0.39, 0.29) is 18.0 Å². The summed E-state index contributed by atoms with van der Waals surface area (Å²) < 4.78 is 2.00. The number of carbonyl (C=O) groups excluding carboxylic acids is 1. The average molecular weight is 337 g/mol. The Morgan fingerprint density at radius 3 is 3.00 bits per heavy atom. The van der Waals surface area contributed by atoms with E-state index < -0.39 is 0 Å². The van der Waals surface area contributed by atoms with Crippen LogP contribution in [0.4, 0.5) is 0 Å². The van der Waals surface area contributed by atoms with Crippen LogP contribution in [0, 0.1) is 0 Å². The molecule has 4 rings (SSSR count). The number of benzene rings is 1. The molecule has 0 bridgehead atoms. The zero-order valence-corrected chi connectivity index (χ0v) is 14.6. The number of H-pyrrole nitrogens is 1. The summed E-state index contributed by atoms with van der Waals surface area (Å²) in [5.74, 6) is 1.10. The molecule has 2 aromatic heterocycles.